The SMILES string of the molecule is CCCCCNC(=O)CCc1ccc(OC)c(OC)c1. The molecule has 0 aliphatic rings. The second-order valence-electron chi connectivity index (χ2n) is 4.75. The summed E-state index contributed by atoms with van der Waals surface area (Å²) in [5.74, 6) is 1.52. The van der Waals surface area contributed by atoms with Gasteiger partial charge in [0, 0.05) is 13.0 Å². The minimum atomic E-state index is 0.107. The van der Waals surface area contributed by atoms with Crippen LogP contribution in [0.15, 0.2) is 18.2 Å². The molecule has 0 bridgehead atoms. The maximum atomic E-state index is 11.7. The van der Waals surface area contributed by atoms with Crippen LogP contribution in [0.2, 0.25) is 0 Å². The lowest BCUT2D eigenvalue weighted by Crippen LogP contribution is -2.24. The second kappa shape index (κ2) is 9.23. The molecule has 1 aromatic rings. The van der Waals surface area contributed by atoms with Gasteiger partial charge in [-0.2, -0.15) is 0 Å². The molecule has 1 N–H and O–H groups in total. The molecule has 0 aliphatic carbocycles. The molecule has 0 radical (unpaired) electrons. The lowest BCUT2D eigenvalue weighted by molar-refractivity contribution is -0.121. The Balaban J connectivity index is 2.39. The number of unbranched alkanes of at least 4 members (excludes halogenated alkanes) is 2. The highest BCUT2D eigenvalue weighted by Gasteiger charge is 2.06. The van der Waals surface area contributed by atoms with Crippen molar-refractivity contribution in [2.24, 2.45) is 0 Å². The topological polar surface area (TPSA) is 47.6 Å². The molecule has 4 heteroatoms. The van der Waals surface area contributed by atoms with Crippen molar-refractivity contribution < 1.29 is 14.3 Å². The van der Waals surface area contributed by atoms with Crippen LogP contribution in [0.5, 0.6) is 11.5 Å². The van der Waals surface area contributed by atoms with E-state index in [1.807, 2.05) is 18.2 Å². The third-order valence-corrected chi connectivity index (χ3v) is 3.19. The molecule has 1 aromatic carbocycles. The molecule has 0 spiro atoms. The molecule has 0 aromatic heterocycles. The average Bonchev–Trinajstić information content (AvgIpc) is 2.49. The molecule has 0 heterocycles. The quantitative estimate of drug-likeness (QED) is 0.707. The average molecular weight is 279 g/mol. The minimum absolute atomic E-state index is 0.107. The van der Waals surface area contributed by atoms with Crippen LogP contribution < -0.4 is 14.8 Å². The largest absolute Gasteiger partial charge is 0.493 e. The first-order valence-corrected chi connectivity index (χ1v) is 7.18. The van der Waals surface area contributed by atoms with Crippen LogP contribution >= 0.6 is 0 Å². The molecule has 0 fully saturated rings. The van der Waals surface area contributed by atoms with Crippen LogP contribution in [0, 0.1) is 0 Å². The van der Waals surface area contributed by atoms with Crippen molar-refractivity contribution in [3.05, 3.63) is 23.8 Å². The van der Waals surface area contributed by atoms with Crippen molar-refractivity contribution in [3.63, 3.8) is 0 Å². The number of amides is 1. The monoisotopic (exact) mass is 279 g/mol. The molecule has 0 saturated heterocycles. The van der Waals surface area contributed by atoms with E-state index >= 15 is 0 Å². The third kappa shape index (κ3) is 5.51. The van der Waals surface area contributed by atoms with Crippen molar-refractivity contribution >= 4 is 5.91 Å². The van der Waals surface area contributed by atoms with Crippen molar-refractivity contribution in [2.45, 2.75) is 39.0 Å². The summed E-state index contributed by atoms with van der Waals surface area (Å²) in [5.41, 5.74) is 1.08. The summed E-state index contributed by atoms with van der Waals surface area (Å²) in [6.45, 7) is 2.93. The first-order chi connectivity index (χ1) is 9.71. The fourth-order valence-electron chi connectivity index (χ4n) is 1.99. The maximum Gasteiger partial charge on any atom is 0.220 e. The Kier molecular flexibility index (Phi) is 7.55. The molecule has 112 valence electrons. The maximum absolute atomic E-state index is 11.7. The Morgan fingerprint density at radius 2 is 1.90 bits per heavy atom. The van der Waals surface area contributed by atoms with Crippen molar-refractivity contribution in [1.82, 2.24) is 5.32 Å². The fourth-order valence-corrected chi connectivity index (χ4v) is 1.99. The van der Waals surface area contributed by atoms with Gasteiger partial charge in [-0.25, -0.2) is 0 Å². The standard InChI is InChI=1S/C16H25NO3/c1-4-5-6-11-17-16(18)10-8-13-7-9-14(19-2)15(12-13)20-3/h7,9,12H,4-6,8,10-11H2,1-3H3,(H,17,18). The molecule has 0 atom stereocenters. The van der Waals surface area contributed by atoms with E-state index in [-0.39, 0.29) is 5.91 Å². The van der Waals surface area contributed by atoms with E-state index < -0.39 is 0 Å². The summed E-state index contributed by atoms with van der Waals surface area (Å²) in [6, 6.07) is 5.75. The summed E-state index contributed by atoms with van der Waals surface area (Å²) in [6.07, 6.45) is 4.59. The third-order valence-electron chi connectivity index (χ3n) is 3.19. The van der Waals surface area contributed by atoms with Gasteiger partial charge in [-0.05, 0) is 30.5 Å². The Morgan fingerprint density at radius 3 is 2.55 bits per heavy atom. The van der Waals surface area contributed by atoms with E-state index in [9.17, 15) is 4.79 Å². The summed E-state index contributed by atoms with van der Waals surface area (Å²) in [7, 11) is 3.23. The van der Waals surface area contributed by atoms with Gasteiger partial charge in [0.15, 0.2) is 11.5 Å². The Bertz CT molecular complexity index is 418. The van der Waals surface area contributed by atoms with E-state index in [2.05, 4.69) is 12.2 Å². The van der Waals surface area contributed by atoms with Crippen LogP contribution in [0.25, 0.3) is 0 Å². The summed E-state index contributed by atoms with van der Waals surface area (Å²) >= 11 is 0. The Morgan fingerprint density at radius 1 is 1.15 bits per heavy atom. The molecular weight excluding hydrogens is 254 g/mol. The van der Waals surface area contributed by atoms with E-state index in [4.69, 9.17) is 9.47 Å². The van der Waals surface area contributed by atoms with Gasteiger partial charge in [0.05, 0.1) is 14.2 Å². The number of aryl methyl sites for hydroxylation is 1. The van der Waals surface area contributed by atoms with Gasteiger partial charge in [-0.3, -0.25) is 4.79 Å². The van der Waals surface area contributed by atoms with Gasteiger partial charge in [0.25, 0.3) is 0 Å². The van der Waals surface area contributed by atoms with E-state index in [0.29, 0.717) is 24.3 Å². The molecule has 1 amide bonds. The van der Waals surface area contributed by atoms with E-state index in [1.165, 1.54) is 6.42 Å². The number of hydrogen-bond donors (Lipinski definition) is 1. The van der Waals surface area contributed by atoms with Crippen molar-refractivity contribution in [1.29, 1.82) is 0 Å². The van der Waals surface area contributed by atoms with Crippen LogP contribution in [-0.2, 0) is 11.2 Å². The zero-order valence-electron chi connectivity index (χ0n) is 12.7. The predicted molar refractivity (Wildman–Crippen MR) is 80.4 cm³/mol. The number of nitrogens with one attached hydrogen (secondary N) is 1. The van der Waals surface area contributed by atoms with Gasteiger partial charge in [-0.1, -0.05) is 25.8 Å². The molecule has 4 nitrogen and oxygen atoms in total. The first-order valence-electron chi connectivity index (χ1n) is 7.18. The number of carbonyl (C=O) groups is 1. The van der Waals surface area contributed by atoms with Gasteiger partial charge < -0.3 is 14.8 Å². The van der Waals surface area contributed by atoms with Crippen LogP contribution in [0.3, 0.4) is 0 Å². The highest BCUT2D eigenvalue weighted by Crippen LogP contribution is 2.27. The van der Waals surface area contributed by atoms with Crippen LogP contribution in [0.4, 0.5) is 0 Å². The summed E-state index contributed by atoms with van der Waals surface area (Å²) in [5, 5.41) is 2.94. The van der Waals surface area contributed by atoms with E-state index in [0.717, 1.165) is 24.9 Å². The number of benzene rings is 1. The Hall–Kier alpha value is -1.71. The molecular formula is C16H25NO3. The highest BCUT2D eigenvalue weighted by molar-refractivity contribution is 5.76. The zero-order chi connectivity index (χ0) is 14.8. The number of hydrogen-bond acceptors (Lipinski definition) is 3. The molecule has 1 rings (SSSR count). The van der Waals surface area contributed by atoms with Crippen LogP contribution in [-0.4, -0.2) is 26.7 Å². The molecule has 0 aliphatic heterocycles. The number of carbonyl (C=O) groups excluding carboxylic acids is 1. The van der Waals surface area contributed by atoms with Crippen molar-refractivity contribution in [3.8, 4) is 11.5 Å². The van der Waals surface area contributed by atoms with Crippen LogP contribution in [0.1, 0.15) is 38.2 Å². The summed E-state index contributed by atoms with van der Waals surface area (Å²) in [4.78, 5) is 11.7. The highest BCUT2D eigenvalue weighted by atomic mass is 16.5. The number of rotatable bonds is 9. The smallest absolute Gasteiger partial charge is 0.220 e. The Labute approximate surface area is 121 Å². The first kappa shape index (κ1) is 16.3. The normalized spacial score (nSPS) is 10.2. The number of methoxy groups -OCH3 is 2. The van der Waals surface area contributed by atoms with Gasteiger partial charge in [0.2, 0.25) is 5.91 Å². The van der Waals surface area contributed by atoms with Gasteiger partial charge >= 0.3 is 0 Å². The van der Waals surface area contributed by atoms with Gasteiger partial charge in [-0.15, -0.1) is 0 Å². The number of ether oxygens (including phenoxy) is 2. The molecule has 0 saturated carbocycles. The molecule has 0 unspecified atom stereocenters. The minimum Gasteiger partial charge on any atom is -0.493 e. The molecule has 20 heavy (non-hydrogen) atoms. The second-order valence-corrected chi connectivity index (χ2v) is 4.75. The summed E-state index contributed by atoms with van der Waals surface area (Å²) < 4.78 is 10.4. The predicted octanol–water partition coefficient (Wildman–Crippen LogP) is 2.94. The lowest BCUT2D eigenvalue weighted by atomic mass is 10.1. The van der Waals surface area contributed by atoms with E-state index in [1.54, 1.807) is 14.2 Å². The van der Waals surface area contributed by atoms with Crippen molar-refractivity contribution in [2.75, 3.05) is 20.8 Å². The fraction of sp³-hybridized carbons (Fsp3) is 0.562. The van der Waals surface area contributed by atoms with Gasteiger partial charge in [0.1, 0.15) is 0 Å². The lowest BCUT2D eigenvalue weighted by Gasteiger charge is -2.09. The zero-order valence-corrected chi connectivity index (χ0v) is 12.7.